The van der Waals surface area contributed by atoms with Crippen molar-refractivity contribution in [1.82, 2.24) is 0 Å². The third kappa shape index (κ3) is 2.23. The Kier molecular flexibility index (Phi) is 3.48. The summed E-state index contributed by atoms with van der Waals surface area (Å²) >= 11 is 0. The van der Waals surface area contributed by atoms with Gasteiger partial charge in [-0.2, -0.15) is 0 Å². The third-order valence-electron chi connectivity index (χ3n) is 1.95. The number of primary amides is 1. The van der Waals surface area contributed by atoms with Crippen LogP contribution in [0.4, 0.5) is 5.69 Å². The second kappa shape index (κ2) is 4.62. The largest absolute Gasteiger partial charge is 0.395 e. The van der Waals surface area contributed by atoms with Gasteiger partial charge in [0.25, 0.3) is 5.91 Å². The molecular formula is C10H14N2O2. The molecule has 0 aliphatic rings. The van der Waals surface area contributed by atoms with Crippen molar-refractivity contribution in [1.29, 1.82) is 0 Å². The highest BCUT2D eigenvalue weighted by Crippen LogP contribution is 2.18. The van der Waals surface area contributed by atoms with E-state index in [1.54, 1.807) is 6.07 Å². The second-order valence-corrected chi connectivity index (χ2v) is 3.01. The lowest BCUT2D eigenvalue weighted by Gasteiger charge is -2.10. The number of anilines is 1. The minimum atomic E-state index is -0.455. The molecule has 1 aromatic carbocycles. The fraction of sp³-hybridized carbons (Fsp3) is 0.300. The fourth-order valence-electron chi connectivity index (χ4n) is 1.33. The third-order valence-corrected chi connectivity index (χ3v) is 1.95. The van der Waals surface area contributed by atoms with Crippen LogP contribution in [0, 0.1) is 6.92 Å². The number of rotatable bonds is 4. The van der Waals surface area contributed by atoms with Crippen molar-refractivity contribution < 1.29 is 9.90 Å². The van der Waals surface area contributed by atoms with Gasteiger partial charge in [0.15, 0.2) is 0 Å². The van der Waals surface area contributed by atoms with Crippen molar-refractivity contribution in [3.8, 4) is 0 Å². The lowest BCUT2D eigenvalue weighted by molar-refractivity contribution is 0.100. The van der Waals surface area contributed by atoms with E-state index in [1.807, 2.05) is 19.1 Å². The van der Waals surface area contributed by atoms with Gasteiger partial charge < -0.3 is 16.2 Å². The standard InChI is InChI=1S/C10H14N2O2/c1-7-3-2-4-8(12-5-6-13)9(7)10(11)14/h2-4,12-13H,5-6H2,1H3,(H2,11,14). The van der Waals surface area contributed by atoms with Crippen LogP contribution in [-0.2, 0) is 0 Å². The van der Waals surface area contributed by atoms with Crippen molar-refractivity contribution in [3.63, 3.8) is 0 Å². The van der Waals surface area contributed by atoms with E-state index >= 15 is 0 Å². The molecule has 1 amide bonds. The van der Waals surface area contributed by atoms with E-state index in [9.17, 15) is 4.79 Å². The zero-order valence-corrected chi connectivity index (χ0v) is 8.08. The van der Waals surface area contributed by atoms with Crippen LogP contribution in [0.2, 0.25) is 0 Å². The highest BCUT2D eigenvalue weighted by atomic mass is 16.3. The number of carbonyl (C=O) groups excluding carboxylic acids is 1. The van der Waals surface area contributed by atoms with Crippen molar-refractivity contribution in [2.24, 2.45) is 5.73 Å². The Morgan fingerprint density at radius 3 is 2.86 bits per heavy atom. The minimum absolute atomic E-state index is 0.0200. The highest BCUT2D eigenvalue weighted by Gasteiger charge is 2.09. The number of aliphatic hydroxyl groups is 1. The molecule has 0 heterocycles. The Hall–Kier alpha value is -1.55. The first kappa shape index (κ1) is 10.5. The van der Waals surface area contributed by atoms with Crippen LogP contribution >= 0.6 is 0 Å². The first-order valence-electron chi connectivity index (χ1n) is 4.41. The summed E-state index contributed by atoms with van der Waals surface area (Å²) in [4.78, 5) is 11.1. The molecule has 0 unspecified atom stereocenters. The second-order valence-electron chi connectivity index (χ2n) is 3.01. The van der Waals surface area contributed by atoms with Gasteiger partial charge in [0.05, 0.1) is 12.2 Å². The summed E-state index contributed by atoms with van der Waals surface area (Å²) < 4.78 is 0. The van der Waals surface area contributed by atoms with Gasteiger partial charge in [0, 0.05) is 12.2 Å². The average molecular weight is 194 g/mol. The van der Waals surface area contributed by atoms with Crippen LogP contribution in [0.3, 0.4) is 0 Å². The Balaban J connectivity index is 3.02. The van der Waals surface area contributed by atoms with Gasteiger partial charge in [0.1, 0.15) is 0 Å². The van der Waals surface area contributed by atoms with Crippen LogP contribution in [0.1, 0.15) is 15.9 Å². The molecule has 1 aromatic rings. The average Bonchev–Trinajstić information content (AvgIpc) is 2.14. The van der Waals surface area contributed by atoms with Crippen LogP contribution in [0.25, 0.3) is 0 Å². The number of hydrogen-bond donors (Lipinski definition) is 3. The summed E-state index contributed by atoms with van der Waals surface area (Å²) in [5.74, 6) is -0.455. The number of amides is 1. The molecule has 0 spiro atoms. The molecule has 0 atom stereocenters. The maximum Gasteiger partial charge on any atom is 0.251 e. The topological polar surface area (TPSA) is 75.3 Å². The Bertz CT molecular complexity index is 337. The molecule has 0 fully saturated rings. The summed E-state index contributed by atoms with van der Waals surface area (Å²) in [7, 11) is 0. The molecule has 4 heteroatoms. The molecular weight excluding hydrogens is 180 g/mol. The maximum absolute atomic E-state index is 11.1. The summed E-state index contributed by atoms with van der Waals surface area (Å²) in [5, 5.41) is 11.6. The van der Waals surface area contributed by atoms with E-state index in [0.717, 1.165) is 5.56 Å². The number of aryl methyl sites for hydroxylation is 1. The van der Waals surface area contributed by atoms with E-state index in [-0.39, 0.29) is 6.61 Å². The monoisotopic (exact) mass is 194 g/mol. The molecule has 0 saturated heterocycles. The van der Waals surface area contributed by atoms with E-state index in [2.05, 4.69) is 5.32 Å². The number of aliphatic hydroxyl groups excluding tert-OH is 1. The quantitative estimate of drug-likeness (QED) is 0.653. The SMILES string of the molecule is Cc1cccc(NCCO)c1C(N)=O. The van der Waals surface area contributed by atoms with Crippen LogP contribution in [0.15, 0.2) is 18.2 Å². The summed E-state index contributed by atoms with van der Waals surface area (Å²) in [6.07, 6.45) is 0. The van der Waals surface area contributed by atoms with Crippen LogP contribution in [-0.4, -0.2) is 24.2 Å². The minimum Gasteiger partial charge on any atom is -0.395 e. The molecule has 4 nitrogen and oxygen atoms in total. The Morgan fingerprint density at radius 1 is 1.57 bits per heavy atom. The van der Waals surface area contributed by atoms with Crippen LogP contribution in [0.5, 0.6) is 0 Å². The highest BCUT2D eigenvalue weighted by molar-refractivity contribution is 5.99. The number of benzene rings is 1. The fourth-order valence-corrected chi connectivity index (χ4v) is 1.33. The van der Waals surface area contributed by atoms with Gasteiger partial charge >= 0.3 is 0 Å². The zero-order chi connectivity index (χ0) is 10.6. The normalized spacial score (nSPS) is 9.86. The molecule has 4 N–H and O–H groups in total. The van der Waals surface area contributed by atoms with E-state index in [0.29, 0.717) is 17.8 Å². The zero-order valence-electron chi connectivity index (χ0n) is 8.08. The molecule has 14 heavy (non-hydrogen) atoms. The predicted octanol–water partition coefficient (Wildman–Crippen LogP) is 0.498. The van der Waals surface area contributed by atoms with Gasteiger partial charge in [-0.05, 0) is 18.6 Å². The Labute approximate surface area is 82.7 Å². The molecule has 0 saturated carbocycles. The lowest BCUT2D eigenvalue weighted by atomic mass is 10.1. The van der Waals surface area contributed by atoms with Gasteiger partial charge in [-0.3, -0.25) is 4.79 Å². The number of carbonyl (C=O) groups is 1. The van der Waals surface area contributed by atoms with Gasteiger partial charge in [-0.1, -0.05) is 12.1 Å². The first-order valence-corrected chi connectivity index (χ1v) is 4.41. The number of hydrogen-bond acceptors (Lipinski definition) is 3. The summed E-state index contributed by atoms with van der Waals surface area (Å²) in [6, 6.07) is 5.43. The predicted molar refractivity (Wildman–Crippen MR) is 55.3 cm³/mol. The van der Waals surface area contributed by atoms with E-state index in [4.69, 9.17) is 10.8 Å². The molecule has 0 aliphatic carbocycles. The van der Waals surface area contributed by atoms with Crippen molar-refractivity contribution in [2.75, 3.05) is 18.5 Å². The number of nitrogens with two attached hydrogens (primary N) is 1. The summed E-state index contributed by atoms with van der Waals surface area (Å²) in [6.45, 7) is 2.25. The van der Waals surface area contributed by atoms with Crippen LogP contribution < -0.4 is 11.1 Å². The molecule has 0 aliphatic heterocycles. The van der Waals surface area contributed by atoms with E-state index < -0.39 is 5.91 Å². The molecule has 0 aromatic heterocycles. The van der Waals surface area contributed by atoms with Gasteiger partial charge in [0.2, 0.25) is 0 Å². The molecule has 1 rings (SSSR count). The van der Waals surface area contributed by atoms with Crippen molar-refractivity contribution >= 4 is 11.6 Å². The smallest absolute Gasteiger partial charge is 0.251 e. The van der Waals surface area contributed by atoms with Crippen molar-refractivity contribution in [3.05, 3.63) is 29.3 Å². The lowest BCUT2D eigenvalue weighted by Crippen LogP contribution is -2.17. The number of nitrogens with one attached hydrogen (secondary N) is 1. The van der Waals surface area contributed by atoms with Gasteiger partial charge in [-0.25, -0.2) is 0 Å². The Morgan fingerprint density at radius 2 is 2.29 bits per heavy atom. The molecule has 0 bridgehead atoms. The molecule has 0 radical (unpaired) electrons. The van der Waals surface area contributed by atoms with Gasteiger partial charge in [-0.15, -0.1) is 0 Å². The summed E-state index contributed by atoms with van der Waals surface area (Å²) in [5.41, 5.74) is 7.24. The van der Waals surface area contributed by atoms with Crippen molar-refractivity contribution in [2.45, 2.75) is 6.92 Å². The maximum atomic E-state index is 11.1. The first-order chi connectivity index (χ1) is 6.66. The van der Waals surface area contributed by atoms with E-state index in [1.165, 1.54) is 0 Å². The molecule has 76 valence electrons.